The fraction of sp³-hybridized carbons (Fsp3) is 0.250. The first-order valence-electron chi connectivity index (χ1n) is 8.72. The molecule has 0 spiro atoms. The van der Waals surface area contributed by atoms with Gasteiger partial charge >= 0.3 is 0 Å². The Morgan fingerprint density at radius 3 is 2.67 bits per heavy atom. The quantitative estimate of drug-likeness (QED) is 0.820. The maximum Gasteiger partial charge on any atom is 0.261 e. The van der Waals surface area contributed by atoms with Gasteiger partial charge in [-0.3, -0.25) is 19.3 Å². The largest absolute Gasteiger partial charge is 0.376 e. The smallest absolute Gasteiger partial charge is 0.261 e. The summed E-state index contributed by atoms with van der Waals surface area (Å²) in [5.74, 6) is -1.13. The number of carbonyl (C=O) groups is 3. The molecule has 0 radical (unpaired) electrons. The zero-order chi connectivity index (χ0) is 19.0. The number of ether oxygens (including phenoxy) is 1. The van der Waals surface area contributed by atoms with Crippen molar-refractivity contribution in [2.75, 3.05) is 18.5 Å². The number of hydrogen-bond donors (Lipinski definition) is 1. The Bertz CT molecular complexity index is 937. The summed E-state index contributed by atoms with van der Waals surface area (Å²) in [5, 5.41) is 3.13. The van der Waals surface area contributed by atoms with E-state index in [1.54, 1.807) is 24.3 Å². The molecule has 4 rings (SSSR count). The van der Waals surface area contributed by atoms with Gasteiger partial charge in [0, 0.05) is 12.2 Å². The number of nitrogens with zero attached hydrogens (tertiary/aromatic N) is 1. The van der Waals surface area contributed by atoms with Gasteiger partial charge in [0.2, 0.25) is 0 Å². The summed E-state index contributed by atoms with van der Waals surface area (Å²) in [7, 11) is 0. The molecule has 6 nitrogen and oxygen atoms in total. The Labute approximate surface area is 161 Å². The second-order valence-corrected chi connectivity index (χ2v) is 6.96. The van der Waals surface area contributed by atoms with E-state index in [2.05, 4.69) is 5.32 Å². The molecule has 1 atom stereocenters. The summed E-state index contributed by atoms with van der Waals surface area (Å²) in [6, 6.07) is 11.4. The Kier molecular flexibility index (Phi) is 4.68. The number of anilines is 1. The molecular formula is C20H17ClN2O4. The number of para-hydroxylation sites is 1. The van der Waals surface area contributed by atoms with Crippen molar-refractivity contribution in [2.45, 2.75) is 18.9 Å². The fourth-order valence-corrected chi connectivity index (χ4v) is 3.53. The van der Waals surface area contributed by atoms with Crippen LogP contribution < -0.4 is 5.32 Å². The van der Waals surface area contributed by atoms with Crippen LogP contribution in [0.5, 0.6) is 0 Å². The Morgan fingerprint density at radius 2 is 1.93 bits per heavy atom. The third-order valence-electron chi connectivity index (χ3n) is 4.77. The van der Waals surface area contributed by atoms with E-state index in [-0.39, 0.29) is 29.7 Å². The van der Waals surface area contributed by atoms with E-state index < -0.39 is 11.8 Å². The van der Waals surface area contributed by atoms with Gasteiger partial charge in [-0.1, -0.05) is 23.7 Å². The number of fused-ring (bicyclic) bond motifs is 1. The number of imide groups is 1. The summed E-state index contributed by atoms with van der Waals surface area (Å²) < 4.78 is 5.53. The van der Waals surface area contributed by atoms with Crippen LogP contribution in [0.4, 0.5) is 5.69 Å². The van der Waals surface area contributed by atoms with Crippen LogP contribution in [0.3, 0.4) is 0 Å². The highest BCUT2D eigenvalue weighted by atomic mass is 35.5. The van der Waals surface area contributed by atoms with E-state index in [1.165, 1.54) is 23.1 Å². The van der Waals surface area contributed by atoms with Crippen LogP contribution in [-0.2, 0) is 4.74 Å². The third-order valence-corrected chi connectivity index (χ3v) is 5.09. The van der Waals surface area contributed by atoms with E-state index in [1.807, 2.05) is 0 Å². The van der Waals surface area contributed by atoms with Crippen molar-refractivity contribution >= 4 is 35.0 Å². The topological polar surface area (TPSA) is 75.7 Å². The molecule has 1 saturated heterocycles. The second kappa shape index (κ2) is 7.13. The molecule has 27 heavy (non-hydrogen) atoms. The molecule has 1 N–H and O–H groups in total. The number of rotatable bonds is 4. The standard InChI is InChI=1S/C20H17ClN2O4/c21-16-5-1-2-6-17(16)22-18(24)12-7-8-14-15(10-12)20(26)23(19(14)25)11-13-4-3-9-27-13/h1-2,5-8,10,13H,3-4,9,11H2,(H,22,24). The zero-order valence-corrected chi connectivity index (χ0v) is 15.2. The first kappa shape index (κ1) is 17.7. The summed E-state index contributed by atoms with van der Waals surface area (Å²) in [6.07, 6.45) is 1.65. The number of nitrogens with one attached hydrogen (secondary N) is 1. The first-order chi connectivity index (χ1) is 13.0. The van der Waals surface area contributed by atoms with Gasteiger partial charge in [0.1, 0.15) is 0 Å². The highest BCUT2D eigenvalue weighted by Gasteiger charge is 2.37. The molecule has 1 fully saturated rings. The third kappa shape index (κ3) is 3.34. The van der Waals surface area contributed by atoms with E-state index in [4.69, 9.17) is 16.3 Å². The summed E-state index contributed by atoms with van der Waals surface area (Å²) >= 11 is 6.06. The second-order valence-electron chi connectivity index (χ2n) is 6.55. The van der Waals surface area contributed by atoms with Gasteiger partial charge in [-0.15, -0.1) is 0 Å². The normalized spacial score (nSPS) is 18.7. The van der Waals surface area contributed by atoms with Crippen molar-refractivity contribution in [1.29, 1.82) is 0 Å². The van der Waals surface area contributed by atoms with Crippen molar-refractivity contribution in [3.8, 4) is 0 Å². The van der Waals surface area contributed by atoms with Crippen molar-refractivity contribution in [2.24, 2.45) is 0 Å². The summed E-state index contributed by atoms with van der Waals surface area (Å²) in [5.41, 5.74) is 1.32. The van der Waals surface area contributed by atoms with E-state index in [0.717, 1.165) is 12.8 Å². The zero-order valence-electron chi connectivity index (χ0n) is 14.4. The van der Waals surface area contributed by atoms with Gasteiger partial charge in [0.25, 0.3) is 17.7 Å². The molecule has 2 aliphatic heterocycles. The molecule has 3 amide bonds. The maximum atomic E-state index is 12.7. The molecule has 1 unspecified atom stereocenters. The highest BCUT2D eigenvalue weighted by molar-refractivity contribution is 6.34. The summed E-state index contributed by atoms with van der Waals surface area (Å²) in [6.45, 7) is 0.897. The van der Waals surface area contributed by atoms with Crippen molar-refractivity contribution in [3.05, 3.63) is 64.2 Å². The van der Waals surface area contributed by atoms with Crippen molar-refractivity contribution in [3.63, 3.8) is 0 Å². The number of carbonyl (C=O) groups excluding carboxylic acids is 3. The molecule has 0 aromatic heterocycles. The molecule has 2 aliphatic rings. The lowest BCUT2D eigenvalue weighted by Crippen LogP contribution is -2.36. The lowest BCUT2D eigenvalue weighted by Gasteiger charge is -2.17. The van der Waals surface area contributed by atoms with Crippen molar-refractivity contribution < 1.29 is 19.1 Å². The molecule has 7 heteroatoms. The van der Waals surface area contributed by atoms with Crippen LogP contribution in [-0.4, -0.2) is 41.9 Å². The van der Waals surface area contributed by atoms with E-state index in [0.29, 0.717) is 22.9 Å². The average Bonchev–Trinajstić information content (AvgIpc) is 3.26. The lowest BCUT2D eigenvalue weighted by molar-refractivity contribution is 0.0475. The summed E-state index contributed by atoms with van der Waals surface area (Å²) in [4.78, 5) is 38.9. The van der Waals surface area contributed by atoms with E-state index >= 15 is 0 Å². The minimum Gasteiger partial charge on any atom is -0.376 e. The van der Waals surface area contributed by atoms with E-state index in [9.17, 15) is 14.4 Å². The maximum absolute atomic E-state index is 12.7. The van der Waals surface area contributed by atoms with Crippen LogP contribution in [0.25, 0.3) is 0 Å². The Balaban J connectivity index is 1.55. The minimum absolute atomic E-state index is 0.116. The fourth-order valence-electron chi connectivity index (χ4n) is 3.35. The van der Waals surface area contributed by atoms with Crippen molar-refractivity contribution in [1.82, 2.24) is 4.90 Å². The molecule has 2 heterocycles. The molecule has 0 saturated carbocycles. The van der Waals surface area contributed by atoms with Crippen LogP contribution in [0.1, 0.15) is 43.9 Å². The van der Waals surface area contributed by atoms with Crippen LogP contribution in [0.15, 0.2) is 42.5 Å². The van der Waals surface area contributed by atoms with Gasteiger partial charge in [0.05, 0.1) is 34.5 Å². The number of hydrogen-bond acceptors (Lipinski definition) is 4. The molecule has 2 aromatic carbocycles. The Hall–Kier alpha value is -2.70. The first-order valence-corrected chi connectivity index (χ1v) is 9.10. The lowest BCUT2D eigenvalue weighted by atomic mass is 10.1. The number of halogens is 1. The van der Waals surface area contributed by atoms with Gasteiger partial charge in [-0.2, -0.15) is 0 Å². The molecule has 2 aromatic rings. The van der Waals surface area contributed by atoms with Crippen LogP contribution in [0.2, 0.25) is 5.02 Å². The molecular weight excluding hydrogens is 368 g/mol. The monoisotopic (exact) mass is 384 g/mol. The average molecular weight is 385 g/mol. The molecule has 0 bridgehead atoms. The van der Waals surface area contributed by atoms with Gasteiger partial charge in [-0.05, 0) is 43.2 Å². The molecule has 138 valence electrons. The van der Waals surface area contributed by atoms with Crippen LogP contribution in [0, 0.1) is 0 Å². The highest BCUT2D eigenvalue weighted by Crippen LogP contribution is 2.27. The Morgan fingerprint density at radius 1 is 1.15 bits per heavy atom. The van der Waals surface area contributed by atoms with Gasteiger partial charge < -0.3 is 10.1 Å². The van der Waals surface area contributed by atoms with Gasteiger partial charge in [0.15, 0.2) is 0 Å². The SMILES string of the molecule is O=C(Nc1ccccc1Cl)c1ccc2c(c1)C(=O)N(CC1CCCO1)C2=O. The predicted molar refractivity (Wildman–Crippen MR) is 100 cm³/mol. The number of amides is 3. The number of benzene rings is 2. The predicted octanol–water partition coefficient (Wildman–Crippen LogP) is 3.37. The van der Waals surface area contributed by atoms with Gasteiger partial charge in [-0.25, -0.2) is 0 Å². The minimum atomic E-state index is -0.399. The van der Waals surface area contributed by atoms with Crippen LogP contribution >= 0.6 is 11.6 Å². The molecule has 0 aliphatic carbocycles.